The molecule has 1 aromatic carbocycles. The number of benzene rings is 1. The van der Waals surface area contributed by atoms with Crippen molar-refractivity contribution in [3.63, 3.8) is 0 Å². The Morgan fingerprint density at radius 3 is 2.73 bits per heavy atom. The van der Waals surface area contributed by atoms with E-state index in [1.807, 2.05) is 37.3 Å². The van der Waals surface area contributed by atoms with Gasteiger partial charge in [0.05, 0.1) is 6.61 Å². The minimum atomic E-state index is -0.471. The van der Waals surface area contributed by atoms with Crippen LogP contribution < -0.4 is 11.0 Å². The number of carbonyl (C=O) groups excluding carboxylic acids is 1. The average molecular weight is 301 g/mol. The molecule has 0 bridgehead atoms. The molecular formula is C16H19N3O3. The van der Waals surface area contributed by atoms with Crippen molar-refractivity contribution in [1.29, 1.82) is 0 Å². The van der Waals surface area contributed by atoms with Gasteiger partial charge < -0.3 is 0 Å². The number of hydroxylamine groups is 1. The zero-order valence-corrected chi connectivity index (χ0v) is 12.5. The number of hydrogen-bond acceptors (Lipinski definition) is 4. The molecule has 0 aliphatic rings. The summed E-state index contributed by atoms with van der Waals surface area (Å²) in [4.78, 5) is 28.8. The Balaban J connectivity index is 1.93. The standard InChI is InChI=1S/C16H19N3O3/c1-2-3-11-19-15(20)10-9-14(17-19)16(21)18-22-12-13-7-5-4-6-8-13/h4-10H,2-3,11-12H2,1H3,(H,18,21). The van der Waals surface area contributed by atoms with Gasteiger partial charge in [-0.15, -0.1) is 0 Å². The molecule has 0 aliphatic heterocycles. The number of aryl methyl sites for hydroxylation is 1. The Morgan fingerprint density at radius 2 is 2.00 bits per heavy atom. The molecule has 6 heteroatoms. The smallest absolute Gasteiger partial charge is 0.269 e. The van der Waals surface area contributed by atoms with Gasteiger partial charge in [0, 0.05) is 12.6 Å². The molecule has 116 valence electrons. The lowest BCUT2D eigenvalue weighted by molar-refractivity contribution is 0.0227. The minimum Gasteiger partial charge on any atom is -0.269 e. The van der Waals surface area contributed by atoms with Gasteiger partial charge in [0.15, 0.2) is 5.69 Å². The van der Waals surface area contributed by atoms with E-state index in [-0.39, 0.29) is 17.9 Å². The van der Waals surface area contributed by atoms with E-state index in [9.17, 15) is 9.59 Å². The third-order valence-electron chi connectivity index (χ3n) is 3.07. The van der Waals surface area contributed by atoms with Crippen LogP contribution in [0.3, 0.4) is 0 Å². The molecule has 0 saturated heterocycles. The normalized spacial score (nSPS) is 10.4. The first-order valence-electron chi connectivity index (χ1n) is 7.25. The number of unbranched alkanes of at least 4 members (excludes halogenated alkanes) is 1. The number of hydrogen-bond donors (Lipinski definition) is 1. The predicted molar refractivity (Wildman–Crippen MR) is 82.1 cm³/mol. The first kappa shape index (κ1) is 15.9. The Hall–Kier alpha value is -2.47. The Bertz CT molecular complexity index is 668. The van der Waals surface area contributed by atoms with E-state index in [2.05, 4.69) is 10.6 Å². The van der Waals surface area contributed by atoms with Crippen molar-refractivity contribution >= 4 is 5.91 Å². The monoisotopic (exact) mass is 301 g/mol. The number of carbonyl (C=O) groups is 1. The second-order valence-corrected chi connectivity index (χ2v) is 4.84. The number of rotatable bonds is 7. The fourth-order valence-corrected chi connectivity index (χ4v) is 1.85. The molecule has 0 aliphatic carbocycles. The van der Waals surface area contributed by atoms with Crippen LogP contribution in [0.25, 0.3) is 0 Å². The van der Waals surface area contributed by atoms with E-state index < -0.39 is 5.91 Å². The van der Waals surface area contributed by atoms with E-state index >= 15 is 0 Å². The second-order valence-electron chi connectivity index (χ2n) is 4.84. The van der Waals surface area contributed by atoms with Crippen molar-refractivity contribution in [2.75, 3.05) is 0 Å². The summed E-state index contributed by atoms with van der Waals surface area (Å²) in [5.41, 5.74) is 3.22. The first-order chi connectivity index (χ1) is 10.7. The van der Waals surface area contributed by atoms with Crippen molar-refractivity contribution in [3.05, 3.63) is 64.1 Å². The maximum atomic E-state index is 12.0. The highest BCUT2D eigenvalue weighted by Gasteiger charge is 2.09. The van der Waals surface area contributed by atoms with Gasteiger partial charge in [-0.05, 0) is 18.1 Å². The molecular weight excluding hydrogens is 282 g/mol. The van der Waals surface area contributed by atoms with Gasteiger partial charge in [-0.25, -0.2) is 10.2 Å². The van der Waals surface area contributed by atoms with Crippen molar-refractivity contribution in [2.45, 2.75) is 32.9 Å². The summed E-state index contributed by atoms with van der Waals surface area (Å²) in [5, 5.41) is 4.05. The summed E-state index contributed by atoms with van der Waals surface area (Å²) in [6.07, 6.45) is 1.78. The van der Waals surface area contributed by atoms with E-state index in [0.717, 1.165) is 18.4 Å². The van der Waals surface area contributed by atoms with Crippen LogP contribution >= 0.6 is 0 Å². The van der Waals surface area contributed by atoms with Crippen LogP contribution in [0.4, 0.5) is 0 Å². The van der Waals surface area contributed by atoms with Gasteiger partial charge in [-0.3, -0.25) is 14.4 Å². The quantitative estimate of drug-likeness (QED) is 0.793. The summed E-state index contributed by atoms with van der Waals surface area (Å²) >= 11 is 0. The Kier molecular flexibility index (Phi) is 5.85. The highest BCUT2D eigenvalue weighted by Crippen LogP contribution is 2.00. The molecule has 0 spiro atoms. The van der Waals surface area contributed by atoms with Crippen LogP contribution in [0.2, 0.25) is 0 Å². The summed E-state index contributed by atoms with van der Waals surface area (Å²) in [6.45, 7) is 2.79. The van der Waals surface area contributed by atoms with Crippen LogP contribution in [-0.4, -0.2) is 15.7 Å². The predicted octanol–water partition coefficient (Wildman–Crippen LogP) is 1.90. The van der Waals surface area contributed by atoms with Crippen LogP contribution in [0.5, 0.6) is 0 Å². The topological polar surface area (TPSA) is 73.2 Å². The van der Waals surface area contributed by atoms with E-state index in [1.165, 1.54) is 16.8 Å². The molecule has 1 heterocycles. The lowest BCUT2D eigenvalue weighted by Crippen LogP contribution is -2.29. The summed E-state index contributed by atoms with van der Waals surface area (Å²) in [7, 11) is 0. The largest absolute Gasteiger partial charge is 0.295 e. The second kappa shape index (κ2) is 8.09. The number of nitrogens with one attached hydrogen (secondary N) is 1. The molecule has 0 radical (unpaired) electrons. The van der Waals surface area contributed by atoms with Gasteiger partial charge >= 0.3 is 0 Å². The molecule has 2 rings (SSSR count). The molecule has 0 atom stereocenters. The summed E-state index contributed by atoms with van der Waals surface area (Å²) in [6, 6.07) is 12.2. The molecule has 0 fully saturated rings. The summed E-state index contributed by atoms with van der Waals surface area (Å²) < 4.78 is 1.30. The Labute approximate surface area is 128 Å². The van der Waals surface area contributed by atoms with Crippen molar-refractivity contribution < 1.29 is 9.63 Å². The number of nitrogens with zero attached hydrogens (tertiary/aromatic N) is 2. The Morgan fingerprint density at radius 1 is 1.23 bits per heavy atom. The summed E-state index contributed by atoms with van der Waals surface area (Å²) in [5.74, 6) is -0.471. The molecule has 2 aromatic rings. The van der Waals surface area contributed by atoms with E-state index in [0.29, 0.717) is 6.54 Å². The molecule has 1 aromatic heterocycles. The zero-order valence-electron chi connectivity index (χ0n) is 12.5. The van der Waals surface area contributed by atoms with Crippen LogP contribution in [0.15, 0.2) is 47.3 Å². The third kappa shape index (κ3) is 4.53. The van der Waals surface area contributed by atoms with E-state index in [1.54, 1.807) is 0 Å². The fourth-order valence-electron chi connectivity index (χ4n) is 1.85. The van der Waals surface area contributed by atoms with Gasteiger partial charge in [0.1, 0.15) is 0 Å². The van der Waals surface area contributed by atoms with Gasteiger partial charge in [-0.2, -0.15) is 5.10 Å². The lowest BCUT2D eigenvalue weighted by atomic mass is 10.2. The first-order valence-corrected chi connectivity index (χ1v) is 7.25. The SMILES string of the molecule is CCCCn1nc(C(=O)NOCc2ccccc2)ccc1=O. The maximum Gasteiger partial charge on any atom is 0.295 e. The molecule has 22 heavy (non-hydrogen) atoms. The fraction of sp³-hybridized carbons (Fsp3) is 0.312. The molecule has 1 amide bonds. The van der Waals surface area contributed by atoms with Crippen molar-refractivity contribution in [3.8, 4) is 0 Å². The van der Waals surface area contributed by atoms with Gasteiger partial charge in [0.2, 0.25) is 0 Å². The number of amides is 1. The minimum absolute atomic E-state index is 0.156. The van der Waals surface area contributed by atoms with Crippen LogP contribution in [0.1, 0.15) is 35.8 Å². The number of aromatic nitrogens is 2. The molecule has 1 N–H and O–H groups in total. The van der Waals surface area contributed by atoms with Gasteiger partial charge in [0.25, 0.3) is 11.5 Å². The van der Waals surface area contributed by atoms with Crippen LogP contribution in [-0.2, 0) is 18.0 Å². The van der Waals surface area contributed by atoms with Gasteiger partial charge in [-0.1, -0.05) is 43.7 Å². The molecule has 0 saturated carbocycles. The molecule has 0 unspecified atom stereocenters. The van der Waals surface area contributed by atoms with E-state index in [4.69, 9.17) is 4.84 Å². The highest BCUT2D eigenvalue weighted by atomic mass is 16.6. The molecule has 6 nitrogen and oxygen atoms in total. The van der Waals surface area contributed by atoms with Crippen molar-refractivity contribution in [1.82, 2.24) is 15.3 Å². The maximum absolute atomic E-state index is 12.0. The third-order valence-corrected chi connectivity index (χ3v) is 3.07. The van der Waals surface area contributed by atoms with Crippen molar-refractivity contribution in [2.24, 2.45) is 0 Å². The zero-order chi connectivity index (χ0) is 15.8. The van der Waals surface area contributed by atoms with Crippen LogP contribution in [0, 0.1) is 0 Å². The average Bonchev–Trinajstić information content (AvgIpc) is 2.55. The lowest BCUT2D eigenvalue weighted by Gasteiger charge is -2.07. The highest BCUT2D eigenvalue weighted by molar-refractivity contribution is 5.91.